The Morgan fingerprint density at radius 1 is 1.10 bits per heavy atom. The fourth-order valence-corrected chi connectivity index (χ4v) is 4.60. The van der Waals surface area contributed by atoms with Crippen LogP contribution in [0.2, 0.25) is 0 Å². The Kier molecular flexibility index (Phi) is 4.57. The molecule has 0 saturated carbocycles. The molecule has 1 saturated heterocycles. The summed E-state index contributed by atoms with van der Waals surface area (Å²) in [6.07, 6.45) is 7.54. The number of nitrogens with zero attached hydrogens (tertiary/aromatic N) is 2. The van der Waals surface area contributed by atoms with Gasteiger partial charge < -0.3 is 9.84 Å². The van der Waals surface area contributed by atoms with Crippen molar-refractivity contribution in [3.63, 3.8) is 0 Å². The van der Waals surface area contributed by atoms with Crippen LogP contribution in [0, 0.1) is 5.82 Å². The molecule has 5 heteroatoms. The Labute approximate surface area is 169 Å². The van der Waals surface area contributed by atoms with Crippen LogP contribution in [0.4, 0.5) is 4.39 Å². The van der Waals surface area contributed by atoms with Gasteiger partial charge in [-0.3, -0.25) is 0 Å². The normalized spacial score (nSPS) is 20.3. The van der Waals surface area contributed by atoms with E-state index in [2.05, 4.69) is 17.2 Å². The van der Waals surface area contributed by atoms with Crippen molar-refractivity contribution in [2.45, 2.75) is 37.9 Å². The van der Waals surface area contributed by atoms with Crippen LogP contribution in [0.5, 0.6) is 0 Å². The lowest BCUT2D eigenvalue weighted by Crippen LogP contribution is -2.35. The number of halogens is 1. The van der Waals surface area contributed by atoms with E-state index < -0.39 is 0 Å². The lowest BCUT2D eigenvalue weighted by Gasteiger charge is -2.33. The van der Waals surface area contributed by atoms with Crippen LogP contribution in [0.1, 0.15) is 35.2 Å². The van der Waals surface area contributed by atoms with Crippen LogP contribution in [-0.4, -0.2) is 27.1 Å². The number of hydrogen-bond acceptors (Lipinski definition) is 3. The summed E-state index contributed by atoms with van der Waals surface area (Å²) in [5, 5.41) is 14.2. The molecule has 0 amide bonds. The van der Waals surface area contributed by atoms with E-state index in [4.69, 9.17) is 4.74 Å². The maximum atomic E-state index is 13.3. The fraction of sp³-hybridized carbons (Fsp3) is 0.292. The molecule has 1 fully saturated rings. The van der Waals surface area contributed by atoms with Crippen LogP contribution in [0.3, 0.4) is 0 Å². The molecule has 148 valence electrons. The van der Waals surface area contributed by atoms with Crippen LogP contribution in [0.25, 0.3) is 11.8 Å². The van der Waals surface area contributed by atoms with Crippen molar-refractivity contribution < 1.29 is 14.2 Å². The first kappa shape index (κ1) is 18.3. The molecule has 1 aromatic heterocycles. The first-order valence-electron chi connectivity index (χ1n) is 10.0. The first-order chi connectivity index (χ1) is 14.2. The summed E-state index contributed by atoms with van der Waals surface area (Å²) in [6, 6.07) is 14.5. The summed E-state index contributed by atoms with van der Waals surface area (Å²) >= 11 is 0. The van der Waals surface area contributed by atoms with Gasteiger partial charge in [0.15, 0.2) is 0 Å². The molecular formula is C24H23FN2O2. The van der Waals surface area contributed by atoms with E-state index in [0.717, 1.165) is 54.8 Å². The Morgan fingerprint density at radius 3 is 2.69 bits per heavy atom. The number of aliphatic hydroxyl groups is 1. The molecule has 1 aliphatic carbocycles. The average molecular weight is 390 g/mol. The van der Waals surface area contributed by atoms with Crippen molar-refractivity contribution in [2.75, 3.05) is 6.61 Å². The average Bonchev–Trinajstić information content (AvgIpc) is 3.34. The molecular weight excluding hydrogens is 367 g/mol. The smallest absolute Gasteiger partial charge is 0.123 e. The molecule has 1 unspecified atom stereocenters. The predicted molar refractivity (Wildman–Crippen MR) is 109 cm³/mol. The molecule has 2 aromatic carbocycles. The highest BCUT2D eigenvalue weighted by Crippen LogP contribution is 2.44. The fourth-order valence-electron chi connectivity index (χ4n) is 4.60. The van der Waals surface area contributed by atoms with Crippen LogP contribution in [-0.2, 0) is 24.2 Å². The number of benzene rings is 2. The van der Waals surface area contributed by atoms with Gasteiger partial charge in [-0.05, 0) is 66.3 Å². The van der Waals surface area contributed by atoms with Gasteiger partial charge in [0.25, 0.3) is 0 Å². The number of fused-ring (bicyclic) bond motifs is 2. The SMILES string of the molecule is OCc1ccccc1CCC12Cc3cnn(-c4ccc(F)cc4)c3C=C1CCO2. The second kappa shape index (κ2) is 7.25. The van der Waals surface area contributed by atoms with Crippen molar-refractivity contribution in [1.29, 1.82) is 0 Å². The molecule has 3 aromatic rings. The molecule has 0 bridgehead atoms. The number of hydrogen-bond donors (Lipinski definition) is 1. The van der Waals surface area contributed by atoms with Crippen molar-refractivity contribution in [2.24, 2.45) is 0 Å². The van der Waals surface area contributed by atoms with E-state index in [1.807, 2.05) is 29.1 Å². The molecule has 2 aliphatic rings. The lowest BCUT2D eigenvalue weighted by molar-refractivity contribution is 0.0175. The standard InChI is InChI=1S/C24H23FN2O2/c25-21-5-7-22(8-6-21)27-23-13-20-10-12-29-24(20,14-19(23)15-26-27)11-9-17-3-1-2-4-18(17)16-28/h1-8,13,15,28H,9-12,14,16H2. The largest absolute Gasteiger partial charge is 0.392 e. The maximum Gasteiger partial charge on any atom is 0.123 e. The third-order valence-electron chi connectivity index (χ3n) is 6.17. The number of aryl methyl sites for hydroxylation is 1. The Balaban J connectivity index is 1.45. The molecule has 29 heavy (non-hydrogen) atoms. The third kappa shape index (κ3) is 3.20. The van der Waals surface area contributed by atoms with Crippen LogP contribution >= 0.6 is 0 Å². The zero-order chi connectivity index (χ0) is 19.8. The quantitative estimate of drug-likeness (QED) is 0.709. The van der Waals surface area contributed by atoms with Gasteiger partial charge in [0.1, 0.15) is 5.82 Å². The number of aliphatic hydroxyl groups excluding tert-OH is 1. The summed E-state index contributed by atoms with van der Waals surface area (Å²) in [4.78, 5) is 0. The molecule has 1 N–H and O–H groups in total. The topological polar surface area (TPSA) is 47.3 Å². The number of ether oxygens (including phenoxy) is 1. The summed E-state index contributed by atoms with van der Waals surface area (Å²) in [5.74, 6) is -0.250. The van der Waals surface area contributed by atoms with Gasteiger partial charge >= 0.3 is 0 Å². The monoisotopic (exact) mass is 390 g/mol. The van der Waals surface area contributed by atoms with E-state index in [9.17, 15) is 9.50 Å². The highest BCUT2D eigenvalue weighted by atomic mass is 19.1. The van der Waals surface area contributed by atoms with Crippen LogP contribution in [0.15, 0.2) is 60.3 Å². The minimum Gasteiger partial charge on any atom is -0.392 e. The Morgan fingerprint density at radius 2 is 1.90 bits per heavy atom. The summed E-state index contributed by atoms with van der Waals surface area (Å²) < 4.78 is 21.5. The van der Waals surface area contributed by atoms with E-state index in [-0.39, 0.29) is 18.0 Å². The van der Waals surface area contributed by atoms with Gasteiger partial charge in [0.05, 0.1) is 36.4 Å². The van der Waals surface area contributed by atoms with Gasteiger partial charge in [-0.1, -0.05) is 24.3 Å². The minimum atomic E-state index is -0.299. The van der Waals surface area contributed by atoms with Gasteiger partial charge in [-0.25, -0.2) is 9.07 Å². The van der Waals surface area contributed by atoms with Gasteiger partial charge in [-0.15, -0.1) is 0 Å². The second-order valence-corrected chi connectivity index (χ2v) is 7.81. The zero-order valence-corrected chi connectivity index (χ0v) is 16.1. The third-order valence-corrected chi connectivity index (χ3v) is 6.17. The molecule has 0 radical (unpaired) electrons. The second-order valence-electron chi connectivity index (χ2n) is 7.81. The minimum absolute atomic E-state index is 0.0569. The molecule has 1 atom stereocenters. The molecule has 2 heterocycles. The molecule has 5 rings (SSSR count). The van der Waals surface area contributed by atoms with Crippen molar-refractivity contribution in [3.8, 4) is 5.69 Å². The lowest BCUT2D eigenvalue weighted by atomic mass is 9.78. The zero-order valence-electron chi connectivity index (χ0n) is 16.1. The molecule has 0 spiro atoms. The van der Waals surface area contributed by atoms with E-state index in [1.165, 1.54) is 23.3 Å². The Bertz CT molecular complexity index is 1070. The Hall–Kier alpha value is -2.76. The molecule has 1 aliphatic heterocycles. The van der Waals surface area contributed by atoms with E-state index in [1.54, 1.807) is 12.1 Å². The van der Waals surface area contributed by atoms with E-state index in [0.29, 0.717) is 0 Å². The van der Waals surface area contributed by atoms with Gasteiger partial charge in [-0.2, -0.15) is 5.10 Å². The highest BCUT2D eigenvalue weighted by molar-refractivity contribution is 5.62. The predicted octanol–water partition coefficient (Wildman–Crippen LogP) is 4.24. The van der Waals surface area contributed by atoms with Crippen LogP contribution < -0.4 is 0 Å². The summed E-state index contributed by atoms with van der Waals surface area (Å²) in [6.45, 7) is 0.781. The van der Waals surface area contributed by atoms with Crippen molar-refractivity contribution >= 4 is 6.08 Å². The summed E-state index contributed by atoms with van der Waals surface area (Å²) in [5.41, 5.74) is 6.22. The number of aromatic nitrogens is 2. The van der Waals surface area contributed by atoms with Crippen molar-refractivity contribution in [1.82, 2.24) is 9.78 Å². The van der Waals surface area contributed by atoms with Crippen molar-refractivity contribution in [3.05, 3.63) is 88.5 Å². The number of rotatable bonds is 5. The highest BCUT2D eigenvalue weighted by Gasteiger charge is 2.43. The summed E-state index contributed by atoms with van der Waals surface area (Å²) in [7, 11) is 0. The van der Waals surface area contributed by atoms with Gasteiger partial charge in [0.2, 0.25) is 0 Å². The van der Waals surface area contributed by atoms with Gasteiger partial charge in [0, 0.05) is 12.0 Å². The van der Waals surface area contributed by atoms with E-state index >= 15 is 0 Å². The first-order valence-corrected chi connectivity index (χ1v) is 10.0. The molecule has 4 nitrogen and oxygen atoms in total. The maximum absolute atomic E-state index is 13.3.